The first-order valence-corrected chi connectivity index (χ1v) is 6.68. The van der Waals surface area contributed by atoms with Crippen LogP contribution >= 0.6 is 0 Å². The highest BCUT2D eigenvalue weighted by molar-refractivity contribution is 6.09. The van der Waals surface area contributed by atoms with Crippen LogP contribution < -0.4 is 15.4 Å². The Labute approximate surface area is 123 Å². The third kappa shape index (κ3) is 2.48. The molecule has 0 bridgehead atoms. The summed E-state index contributed by atoms with van der Waals surface area (Å²) in [4.78, 5) is 13.9. The molecule has 0 unspecified atom stereocenters. The van der Waals surface area contributed by atoms with Crippen LogP contribution in [-0.2, 0) is 4.79 Å². The van der Waals surface area contributed by atoms with Crippen LogP contribution in [0.3, 0.4) is 0 Å². The minimum absolute atomic E-state index is 0.186. The van der Waals surface area contributed by atoms with Crippen molar-refractivity contribution in [2.75, 3.05) is 17.7 Å². The molecule has 1 aliphatic rings. The van der Waals surface area contributed by atoms with Crippen LogP contribution in [-0.4, -0.2) is 13.0 Å². The minimum atomic E-state index is -0.186. The molecule has 0 aliphatic carbocycles. The number of benzene rings is 2. The zero-order valence-corrected chi connectivity index (χ0v) is 12.0. The van der Waals surface area contributed by atoms with Crippen molar-refractivity contribution < 1.29 is 9.53 Å². The summed E-state index contributed by atoms with van der Waals surface area (Å²) in [6, 6.07) is 13.2. The summed E-state index contributed by atoms with van der Waals surface area (Å²) in [7, 11) is 1.72. The second kappa shape index (κ2) is 4.98. The topological polar surface area (TPSA) is 55.6 Å². The number of hydrogen-bond donors (Lipinski definition) is 1. The first-order valence-electron chi connectivity index (χ1n) is 6.68. The smallest absolute Gasteiger partial charge is 0.293 e. The number of nitrogens with zero attached hydrogens (tertiary/aromatic N) is 1. The number of hydrogen-bond acceptors (Lipinski definition) is 3. The predicted octanol–water partition coefficient (Wildman–Crippen LogP) is 2.97. The minimum Gasteiger partial charge on any atom is -0.449 e. The number of amides is 1. The normalized spacial score (nSPS) is 15.8. The van der Waals surface area contributed by atoms with E-state index in [1.54, 1.807) is 36.2 Å². The van der Waals surface area contributed by atoms with Gasteiger partial charge in [-0.15, -0.1) is 0 Å². The number of ether oxygens (including phenoxy) is 1. The van der Waals surface area contributed by atoms with Crippen LogP contribution in [0.15, 0.2) is 48.2 Å². The van der Waals surface area contributed by atoms with Crippen molar-refractivity contribution in [1.82, 2.24) is 0 Å². The van der Waals surface area contributed by atoms with Gasteiger partial charge in [0, 0.05) is 12.7 Å². The molecule has 4 nitrogen and oxygen atoms in total. The molecule has 0 atom stereocenters. The molecule has 106 valence electrons. The van der Waals surface area contributed by atoms with Gasteiger partial charge < -0.3 is 15.4 Å². The Morgan fingerprint density at radius 1 is 1.19 bits per heavy atom. The lowest BCUT2D eigenvalue weighted by molar-refractivity contribution is -0.117. The number of aryl methyl sites for hydroxylation is 1. The SMILES string of the molecule is Cc1cccc(/C=C2/Oc3ccc(N)cc3N(C)C2=O)c1. The molecule has 2 N–H and O–H groups in total. The van der Waals surface area contributed by atoms with Crippen LogP contribution in [0.5, 0.6) is 5.75 Å². The second-order valence-corrected chi connectivity index (χ2v) is 5.12. The first kappa shape index (κ1) is 13.2. The van der Waals surface area contributed by atoms with Gasteiger partial charge in [0.25, 0.3) is 5.91 Å². The molecule has 0 fully saturated rings. The molecule has 0 aromatic heterocycles. The molecule has 0 radical (unpaired) electrons. The molecular formula is C17H16N2O2. The molecule has 1 amide bonds. The Morgan fingerprint density at radius 2 is 2.00 bits per heavy atom. The van der Waals surface area contributed by atoms with Gasteiger partial charge in [0.1, 0.15) is 0 Å². The van der Waals surface area contributed by atoms with E-state index in [0.717, 1.165) is 11.1 Å². The quantitative estimate of drug-likeness (QED) is 0.645. The number of nitrogens with two attached hydrogens (primary N) is 1. The van der Waals surface area contributed by atoms with Crippen molar-refractivity contribution >= 4 is 23.4 Å². The van der Waals surface area contributed by atoms with Gasteiger partial charge in [0.05, 0.1) is 5.69 Å². The maximum atomic E-state index is 12.4. The maximum Gasteiger partial charge on any atom is 0.293 e. The average Bonchev–Trinajstić information content (AvgIpc) is 2.45. The van der Waals surface area contributed by atoms with E-state index in [4.69, 9.17) is 10.5 Å². The fourth-order valence-corrected chi connectivity index (χ4v) is 2.32. The van der Waals surface area contributed by atoms with Crippen LogP contribution in [0, 0.1) is 6.92 Å². The molecule has 0 saturated carbocycles. The molecular weight excluding hydrogens is 264 g/mol. The summed E-state index contributed by atoms with van der Waals surface area (Å²) in [5.41, 5.74) is 9.11. The Bertz CT molecular complexity index is 750. The molecule has 1 aliphatic heterocycles. The summed E-state index contributed by atoms with van der Waals surface area (Å²) in [6.07, 6.45) is 1.76. The molecule has 21 heavy (non-hydrogen) atoms. The monoisotopic (exact) mass is 280 g/mol. The predicted molar refractivity (Wildman–Crippen MR) is 84.0 cm³/mol. The zero-order valence-electron chi connectivity index (χ0n) is 12.0. The van der Waals surface area contributed by atoms with E-state index in [9.17, 15) is 4.79 Å². The maximum absolute atomic E-state index is 12.4. The summed E-state index contributed by atoms with van der Waals surface area (Å²) in [5, 5.41) is 0. The van der Waals surface area contributed by atoms with Crippen LogP contribution in [0.25, 0.3) is 6.08 Å². The summed E-state index contributed by atoms with van der Waals surface area (Å²) in [5.74, 6) is 0.750. The zero-order chi connectivity index (χ0) is 15.0. The fraction of sp³-hybridized carbons (Fsp3) is 0.118. The van der Waals surface area contributed by atoms with E-state index in [-0.39, 0.29) is 5.91 Å². The van der Waals surface area contributed by atoms with Gasteiger partial charge >= 0.3 is 0 Å². The number of anilines is 2. The third-order valence-corrected chi connectivity index (χ3v) is 3.42. The van der Waals surface area contributed by atoms with E-state index >= 15 is 0 Å². The standard InChI is InChI=1S/C17H16N2O2/c1-11-4-3-5-12(8-11)9-16-17(20)19(2)14-10-13(18)6-7-15(14)21-16/h3-10H,18H2,1-2H3/b16-9+. The van der Waals surface area contributed by atoms with E-state index in [1.165, 1.54) is 0 Å². The molecule has 3 rings (SSSR count). The molecule has 0 saturated heterocycles. The van der Waals surface area contributed by atoms with Crippen molar-refractivity contribution in [1.29, 1.82) is 0 Å². The highest BCUT2D eigenvalue weighted by Gasteiger charge is 2.27. The average molecular weight is 280 g/mol. The van der Waals surface area contributed by atoms with Gasteiger partial charge in [0.15, 0.2) is 11.5 Å². The van der Waals surface area contributed by atoms with E-state index in [0.29, 0.717) is 22.9 Å². The Kier molecular flexibility index (Phi) is 3.14. The Hall–Kier alpha value is -2.75. The number of carbonyl (C=O) groups is 1. The number of rotatable bonds is 1. The van der Waals surface area contributed by atoms with Crippen LogP contribution in [0.1, 0.15) is 11.1 Å². The Morgan fingerprint density at radius 3 is 2.76 bits per heavy atom. The van der Waals surface area contributed by atoms with Crippen molar-refractivity contribution in [3.8, 4) is 5.75 Å². The number of carbonyl (C=O) groups excluding carboxylic acids is 1. The molecule has 2 aromatic carbocycles. The largest absolute Gasteiger partial charge is 0.449 e. The van der Waals surface area contributed by atoms with Crippen molar-refractivity contribution in [3.63, 3.8) is 0 Å². The van der Waals surface area contributed by atoms with Gasteiger partial charge in [0.2, 0.25) is 0 Å². The Balaban J connectivity index is 2.02. The van der Waals surface area contributed by atoms with Crippen molar-refractivity contribution in [3.05, 3.63) is 59.4 Å². The number of fused-ring (bicyclic) bond motifs is 1. The molecule has 2 aromatic rings. The molecule has 1 heterocycles. The second-order valence-electron chi connectivity index (χ2n) is 5.12. The van der Waals surface area contributed by atoms with E-state index in [1.807, 2.05) is 31.2 Å². The molecule has 0 spiro atoms. The lowest BCUT2D eigenvalue weighted by Crippen LogP contribution is -2.33. The van der Waals surface area contributed by atoms with Crippen LogP contribution in [0.4, 0.5) is 11.4 Å². The van der Waals surface area contributed by atoms with Crippen molar-refractivity contribution in [2.24, 2.45) is 0 Å². The van der Waals surface area contributed by atoms with Gasteiger partial charge in [-0.2, -0.15) is 0 Å². The van der Waals surface area contributed by atoms with Crippen molar-refractivity contribution in [2.45, 2.75) is 6.92 Å². The van der Waals surface area contributed by atoms with E-state index in [2.05, 4.69) is 0 Å². The summed E-state index contributed by atoms with van der Waals surface area (Å²) >= 11 is 0. The number of likely N-dealkylation sites (N-methyl/N-ethyl adjacent to an activating group) is 1. The highest BCUT2D eigenvalue weighted by atomic mass is 16.5. The highest BCUT2D eigenvalue weighted by Crippen LogP contribution is 2.36. The lowest BCUT2D eigenvalue weighted by Gasteiger charge is -2.27. The first-order chi connectivity index (χ1) is 10.0. The lowest BCUT2D eigenvalue weighted by atomic mass is 10.1. The van der Waals surface area contributed by atoms with Gasteiger partial charge in [-0.05, 0) is 36.8 Å². The van der Waals surface area contributed by atoms with Gasteiger partial charge in [-0.1, -0.05) is 29.8 Å². The van der Waals surface area contributed by atoms with E-state index < -0.39 is 0 Å². The third-order valence-electron chi connectivity index (χ3n) is 3.42. The van der Waals surface area contributed by atoms with Gasteiger partial charge in [-0.3, -0.25) is 4.79 Å². The fourth-order valence-electron chi connectivity index (χ4n) is 2.32. The molecule has 4 heteroatoms. The summed E-state index contributed by atoms with van der Waals surface area (Å²) < 4.78 is 5.73. The summed E-state index contributed by atoms with van der Waals surface area (Å²) in [6.45, 7) is 2.01. The van der Waals surface area contributed by atoms with Gasteiger partial charge in [-0.25, -0.2) is 0 Å². The number of nitrogen functional groups attached to an aromatic ring is 1. The van der Waals surface area contributed by atoms with Crippen LogP contribution in [0.2, 0.25) is 0 Å².